The fourth-order valence-electron chi connectivity index (χ4n) is 4.07. The molecule has 2 nitrogen and oxygen atoms in total. The van der Waals surface area contributed by atoms with Gasteiger partial charge >= 0.3 is 0 Å². The van der Waals surface area contributed by atoms with Crippen LogP contribution in [0.3, 0.4) is 0 Å². The SMILES string of the molecule is C1=CC(c2ccccc2)(c2ccccc2)CC1N1CCNCC1.Cl.Cl. The van der Waals surface area contributed by atoms with Crippen LogP contribution in [-0.2, 0) is 5.41 Å². The van der Waals surface area contributed by atoms with Crippen molar-refractivity contribution in [3.05, 3.63) is 83.9 Å². The molecular weight excluding hydrogens is 351 g/mol. The first kappa shape index (κ1) is 20.0. The second-order valence-electron chi connectivity index (χ2n) is 6.62. The highest BCUT2D eigenvalue weighted by Crippen LogP contribution is 2.43. The lowest BCUT2D eigenvalue weighted by molar-refractivity contribution is 0.192. The van der Waals surface area contributed by atoms with Crippen LogP contribution < -0.4 is 5.32 Å². The molecule has 2 aliphatic rings. The lowest BCUT2D eigenvalue weighted by atomic mass is 9.73. The Bertz CT molecular complexity index is 627. The van der Waals surface area contributed by atoms with Gasteiger partial charge in [-0.2, -0.15) is 0 Å². The Labute approximate surface area is 163 Å². The molecule has 1 aliphatic heterocycles. The average Bonchev–Trinajstić information content (AvgIpc) is 3.11. The number of halogens is 2. The van der Waals surface area contributed by atoms with Gasteiger partial charge in [-0.3, -0.25) is 4.90 Å². The molecule has 1 atom stereocenters. The molecule has 4 rings (SSSR count). The molecule has 1 aliphatic carbocycles. The maximum absolute atomic E-state index is 3.46. The largest absolute Gasteiger partial charge is 0.314 e. The number of rotatable bonds is 3. The van der Waals surface area contributed by atoms with E-state index in [1.54, 1.807) is 0 Å². The zero-order valence-corrected chi connectivity index (χ0v) is 15.9. The van der Waals surface area contributed by atoms with Crippen molar-refractivity contribution < 1.29 is 0 Å². The van der Waals surface area contributed by atoms with Crippen molar-refractivity contribution in [1.82, 2.24) is 10.2 Å². The van der Waals surface area contributed by atoms with Crippen molar-refractivity contribution in [3.8, 4) is 0 Å². The molecule has 0 radical (unpaired) electrons. The Morgan fingerprint density at radius 2 is 1.32 bits per heavy atom. The number of hydrogen-bond acceptors (Lipinski definition) is 2. The summed E-state index contributed by atoms with van der Waals surface area (Å²) in [7, 11) is 0. The predicted octanol–water partition coefficient (Wildman–Crippen LogP) is 4.05. The van der Waals surface area contributed by atoms with Gasteiger partial charge in [-0.05, 0) is 17.5 Å². The molecule has 0 spiro atoms. The number of piperazine rings is 1. The molecule has 0 saturated carbocycles. The molecule has 0 bridgehead atoms. The maximum Gasteiger partial charge on any atom is 0.0400 e. The van der Waals surface area contributed by atoms with Gasteiger partial charge in [0.05, 0.1) is 0 Å². The Hall–Kier alpha value is -1.32. The van der Waals surface area contributed by atoms with E-state index in [2.05, 4.69) is 83.0 Å². The first-order chi connectivity index (χ1) is 11.4. The summed E-state index contributed by atoms with van der Waals surface area (Å²) in [6.45, 7) is 4.51. The number of nitrogens with one attached hydrogen (secondary N) is 1. The van der Waals surface area contributed by atoms with Gasteiger partial charge in [0, 0.05) is 37.6 Å². The van der Waals surface area contributed by atoms with Crippen LogP contribution in [0.5, 0.6) is 0 Å². The zero-order valence-electron chi connectivity index (χ0n) is 14.3. The molecule has 1 heterocycles. The fourth-order valence-corrected chi connectivity index (χ4v) is 4.07. The number of nitrogens with zero attached hydrogens (tertiary/aromatic N) is 1. The molecule has 2 aromatic carbocycles. The van der Waals surface area contributed by atoms with Crippen LogP contribution in [0, 0.1) is 0 Å². The molecule has 25 heavy (non-hydrogen) atoms. The lowest BCUT2D eigenvalue weighted by Crippen LogP contribution is -2.48. The van der Waals surface area contributed by atoms with E-state index in [1.807, 2.05) is 0 Å². The van der Waals surface area contributed by atoms with Crippen molar-refractivity contribution in [2.24, 2.45) is 0 Å². The van der Waals surface area contributed by atoms with E-state index in [1.165, 1.54) is 11.1 Å². The van der Waals surface area contributed by atoms with Crippen molar-refractivity contribution in [2.75, 3.05) is 26.2 Å². The molecule has 1 fully saturated rings. The second kappa shape index (κ2) is 8.86. The minimum atomic E-state index is 0. The third-order valence-corrected chi connectivity index (χ3v) is 5.33. The molecule has 1 saturated heterocycles. The first-order valence-electron chi connectivity index (χ1n) is 8.64. The van der Waals surface area contributed by atoms with E-state index in [-0.39, 0.29) is 30.2 Å². The third kappa shape index (κ3) is 3.93. The monoisotopic (exact) mass is 376 g/mol. The molecule has 1 unspecified atom stereocenters. The van der Waals surface area contributed by atoms with E-state index in [0.29, 0.717) is 6.04 Å². The third-order valence-electron chi connectivity index (χ3n) is 5.33. The number of hydrogen-bond donors (Lipinski definition) is 1. The van der Waals surface area contributed by atoms with Crippen molar-refractivity contribution in [2.45, 2.75) is 17.9 Å². The minimum Gasteiger partial charge on any atom is -0.314 e. The van der Waals surface area contributed by atoms with Gasteiger partial charge in [-0.15, -0.1) is 24.8 Å². The van der Waals surface area contributed by atoms with Gasteiger partial charge < -0.3 is 5.32 Å². The lowest BCUT2D eigenvalue weighted by Gasteiger charge is -2.36. The highest BCUT2D eigenvalue weighted by molar-refractivity contribution is 5.85. The Morgan fingerprint density at radius 1 is 0.800 bits per heavy atom. The summed E-state index contributed by atoms with van der Waals surface area (Å²) in [5.74, 6) is 0. The first-order valence-corrected chi connectivity index (χ1v) is 8.64. The van der Waals surface area contributed by atoms with E-state index >= 15 is 0 Å². The van der Waals surface area contributed by atoms with Gasteiger partial charge in [0.1, 0.15) is 0 Å². The van der Waals surface area contributed by atoms with Crippen LogP contribution in [0.4, 0.5) is 0 Å². The summed E-state index contributed by atoms with van der Waals surface area (Å²) < 4.78 is 0. The highest BCUT2D eigenvalue weighted by atomic mass is 35.5. The summed E-state index contributed by atoms with van der Waals surface area (Å²) in [5.41, 5.74) is 2.82. The van der Waals surface area contributed by atoms with Gasteiger partial charge in [0.25, 0.3) is 0 Å². The highest BCUT2D eigenvalue weighted by Gasteiger charge is 2.39. The minimum absolute atomic E-state index is 0. The summed E-state index contributed by atoms with van der Waals surface area (Å²) in [6, 6.07) is 22.5. The molecule has 4 heteroatoms. The average molecular weight is 377 g/mol. The molecule has 0 amide bonds. The smallest absolute Gasteiger partial charge is 0.0400 e. The Morgan fingerprint density at radius 3 is 1.84 bits per heavy atom. The van der Waals surface area contributed by atoms with Gasteiger partial charge in [0.15, 0.2) is 0 Å². The van der Waals surface area contributed by atoms with Crippen LogP contribution in [0.1, 0.15) is 17.5 Å². The van der Waals surface area contributed by atoms with Crippen molar-refractivity contribution >= 4 is 24.8 Å². The van der Waals surface area contributed by atoms with Crippen molar-refractivity contribution in [3.63, 3.8) is 0 Å². The number of allylic oxidation sites excluding steroid dienone is 1. The Balaban J connectivity index is 0.00000113. The molecule has 2 aromatic rings. The summed E-state index contributed by atoms with van der Waals surface area (Å²) in [4.78, 5) is 2.63. The molecule has 1 N–H and O–H groups in total. The van der Waals surface area contributed by atoms with Gasteiger partial charge in [-0.1, -0.05) is 72.8 Å². The Kier molecular flexibility index (Phi) is 7.09. The quantitative estimate of drug-likeness (QED) is 0.812. The van der Waals surface area contributed by atoms with E-state index in [0.717, 1.165) is 32.6 Å². The van der Waals surface area contributed by atoms with Crippen LogP contribution >= 0.6 is 24.8 Å². The second-order valence-corrected chi connectivity index (χ2v) is 6.62. The fraction of sp³-hybridized carbons (Fsp3) is 0.333. The van der Waals surface area contributed by atoms with Crippen LogP contribution in [0.15, 0.2) is 72.8 Å². The van der Waals surface area contributed by atoms with Crippen LogP contribution in [-0.4, -0.2) is 37.1 Å². The number of benzene rings is 2. The van der Waals surface area contributed by atoms with Gasteiger partial charge in [-0.25, -0.2) is 0 Å². The van der Waals surface area contributed by atoms with E-state index in [4.69, 9.17) is 0 Å². The topological polar surface area (TPSA) is 15.3 Å². The maximum atomic E-state index is 3.46. The standard InChI is InChI=1S/C21H24N2.2ClH/c1-3-7-18(8-4-1)21(19-9-5-2-6-10-19)12-11-20(17-21)23-15-13-22-14-16-23;;/h1-12,20,22H,13-17H2;2*1H. The van der Waals surface area contributed by atoms with Crippen LogP contribution in [0.25, 0.3) is 0 Å². The molecule has 0 aromatic heterocycles. The summed E-state index contributed by atoms with van der Waals surface area (Å²) in [6.07, 6.45) is 6.02. The van der Waals surface area contributed by atoms with E-state index < -0.39 is 0 Å². The van der Waals surface area contributed by atoms with E-state index in [9.17, 15) is 0 Å². The normalized spacial score (nSPS) is 22.0. The summed E-state index contributed by atoms with van der Waals surface area (Å²) in [5, 5.41) is 3.46. The predicted molar refractivity (Wildman–Crippen MR) is 110 cm³/mol. The van der Waals surface area contributed by atoms with Crippen LogP contribution in [0.2, 0.25) is 0 Å². The molecule has 134 valence electrons. The molecular formula is C21H26Cl2N2. The zero-order chi connectivity index (χ0) is 15.5. The van der Waals surface area contributed by atoms with Gasteiger partial charge in [0.2, 0.25) is 0 Å². The van der Waals surface area contributed by atoms with Crippen molar-refractivity contribution in [1.29, 1.82) is 0 Å². The summed E-state index contributed by atoms with van der Waals surface area (Å²) >= 11 is 0.